The van der Waals surface area contributed by atoms with Crippen LogP contribution in [0.3, 0.4) is 0 Å². The first kappa shape index (κ1) is 12.4. The molecule has 0 bridgehead atoms. The molecule has 18 heavy (non-hydrogen) atoms. The molecule has 94 valence electrons. The molecule has 2 rings (SSSR count). The summed E-state index contributed by atoms with van der Waals surface area (Å²) in [5.41, 5.74) is 0.846. The highest BCUT2D eigenvalue weighted by Gasteiger charge is 2.19. The zero-order chi connectivity index (χ0) is 13.0. The van der Waals surface area contributed by atoms with Crippen molar-refractivity contribution in [3.8, 4) is 0 Å². The first-order valence-corrected chi connectivity index (χ1v) is 5.92. The Labute approximate surface area is 106 Å². The van der Waals surface area contributed by atoms with Crippen molar-refractivity contribution in [3.63, 3.8) is 0 Å². The minimum absolute atomic E-state index is 0.470. The predicted molar refractivity (Wildman–Crippen MR) is 68.3 cm³/mol. The molecule has 0 aliphatic heterocycles. The van der Waals surface area contributed by atoms with Gasteiger partial charge in [-0.3, -0.25) is 4.79 Å². The quantitative estimate of drug-likeness (QED) is 0.877. The molecule has 0 spiro atoms. The van der Waals surface area contributed by atoms with Crippen LogP contribution in [0.15, 0.2) is 42.7 Å². The van der Waals surface area contributed by atoms with Crippen molar-refractivity contribution in [1.29, 1.82) is 0 Å². The van der Waals surface area contributed by atoms with E-state index in [0.29, 0.717) is 12.8 Å². The second-order valence-corrected chi connectivity index (χ2v) is 4.29. The van der Waals surface area contributed by atoms with Gasteiger partial charge in [-0.15, -0.1) is 0 Å². The van der Waals surface area contributed by atoms with Crippen LogP contribution in [0.5, 0.6) is 0 Å². The third kappa shape index (κ3) is 2.77. The average molecular weight is 244 g/mol. The maximum absolute atomic E-state index is 11.3. The molecule has 0 aliphatic rings. The number of aromatic nitrogens is 2. The second kappa shape index (κ2) is 5.49. The zero-order valence-corrected chi connectivity index (χ0v) is 10.3. The number of imidazole rings is 1. The van der Waals surface area contributed by atoms with Gasteiger partial charge in [-0.2, -0.15) is 0 Å². The molecule has 0 fully saturated rings. The van der Waals surface area contributed by atoms with Crippen LogP contribution in [-0.4, -0.2) is 20.6 Å². The minimum Gasteiger partial charge on any atom is -0.481 e. The van der Waals surface area contributed by atoms with Gasteiger partial charge in [-0.1, -0.05) is 30.3 Å². The van der Waals surface area contributed by atoms with Crippen LogP contribution in [0, 0.1) is 0 Å². The molecule has 4 heteroatoms. The molecule has 1 heterocycles. The minimum atomic E-state index is -0.782. The monoisotopic (exact) mass is 244 g/mol. The highest BCUT2D eigenvalue weighted by Crippen LogP contribution is 2.21. The molecule has 0 saturated heterocycles. The SMILES string of the molecule is Cn1ccnc1CCC(C(=O)O)c1ccccc1. The molecule has 0 amide bonds. The first-order valence-electron chi connectivity index (χ1n) is 5.92. The third-order valence-electron chi connectivity index (χ3n) is 3.08. The number of carbonyl (C=O) groups is 1. The smallest absolute Gasteiger partial charge is 0.310 e. The highest BCUT2D eigenvalue weighted by molar-refractivity contribution is 5.76. The summed E-state index contributed by atoms with van der Waals surface area (Å²) < 4.78 is 1.92. The largest absolute Gasteiger partial charge is 0.481 e. The van der Waals surface area contributed by atoms with Crippen molar-refractivity contribution >= 4 is 5.97 Å². The molecule has 1 atom stereocenters. The lowest BCUT2D eigenvalue weighted by Gasteiger charge is -2.12. The molecule has 0 saturated carbocycles. The number of hydrogen-bond acceptors (Lipinski definition) is 2. The Kier molecular flexibility index (Phi) is 3.77. The van der Waals surface area contributed by atoms with E-state index in [1.807, 2.05) is 48.1 Å². The maximum atomic E-state index is 11.3. The normalized spacial score (nSPS) is 12.3. The van der Waals surface area contributed by atoms with E-state index >= 15 is 0 Å². The van der Waals surface area contributed by atoms with Gasteiger partial charge in [0.15, 0.2) is 0 Å². The number of rotatable bonds is 5. The molecule has 0 aliphatic carbocycles. The van der Waals surface area contributed by atoms with E-state index in [2.05, 4.69) is 4.98 Å². The molecule has 1 N–H and O–H groups in total. The highest BCUT2D eigenvalue weighted by atomic mass is 16.4. The molecular formula is C14H16N2O2. The van der Waals surface area contributed by atoms with Gasteiger partial charge in [0.05, 0.1) is 5.92 Å². The Balaban J connectivity index is 2.09. The van der Waals surface area contributed by atoms with E-state index in [1.165, 1.54) is 0 Å². The zero-order valence-electron chi connectivity index (χ0n) is 10.3. The van der Waals surface area contributed by atoms with Crippen LogP contribution in [0.25, 0.3) is 0 Å². The van der Waals surface area contributed by atoms with Gasteiger partial charge < -0.3 is 9.67 Å². The van der Waals surface area contributed by atoms with Gasteiger partial charge in [0, 0.05) is 25.9 Å². The fourth-order valence-electron chi connectivity index (χ4n) is 2.03. The number of hydrogen-bond donors (Lipinski definition) is 1. The summed E-state index contributed by atoms with van der Waals surface area (Å²) in [5, 5.41) is 9.30. The van der Waals surface area contributed by atoms with E-state index in [0.717, 1.165) is 11.4 Å². The number of aliphatic carboxylic acids is 1. The molecule has 1 unspecified atom stereocenters. The van der Waals surface area contributed by atoms with Crippen LogP contribution in [-0.2, 0) is 18.3 Å². The number of nitrogens with zero attached hydrogens (tertiary/aromatic N) is 2. The topological polar surface area (TPSA) is 55.1 Å². The van der Waals surface area contributed by atoms with Crippen LogP contribution >= 0.6 is 0 Å². The second-order valence-electron chi connectivity index (χ2n) is 4.29. The summed E-state index contributed by atoms with van der Waals surface area (Å²) in [7, 11) is 1.92. The van der Waals surface area contributed by atoms with E-state index in [9.17, 15) is 9.90 Å². The van der Waals surface area contributed by atoms with Gasteiger partial charge >= 0.3 is 5.97 Å². The summed E-state index contributed by atoms with van der Waals surface area (Å²) in [6.45, 7) is 0. The fourth-order valence-corrected chi connectivity index (χ4v) is 2.03. The number of carboxylic acid groups (broad SMARTS) is 1. The van der Waals surface area contributed by atoms with Crippen LogP contribution in [0.1, 0.15) is 23.7 Å². The molecule has 4 nitrogen and oxygen atoms in total. The van der Waals surface area contributed by atoms with Crippen molar-refractivity contribution < 1.29 is 9.90 Å². The van der Waals surface area contributed by atoms with Gasteiger partial charge in [0.25, 0.3) is 0 Å². The molecule has 2 aromatic rings. The van der Waals surface area contributed by atoms with Gasteiger partial charge in [-0.25, -0.2) is 4.98 Å². The molecule has 1 aromatic heterocycles. The first-order chi connectivity index (χ1) is 8.68. The van der Waals surface area contributed by atoms with Gasteiger partial charge in [0.1, 0.15) is 5.82 Å². The molecular weight excluding hydrogens is 228 g/mol. The summed E-state index contributed by atoms with van der Waals surface area (Å²) in [5.74, 6) is -0.338. The van der Waals surface area contributed by atoms with Crippen LogP contribution < -0.4 is 0 Å². The standard InChI is InChI=1S/C14H16N2O2/c1-16-10-9-15-13(16)8-7-12(14(17)18)11-5-3-2-4-6-11/h2-6,9-10,12H,7-8H2,1H3,(H,17,18). The summed E-state index contributed by atoms with van der Waals surface area (Å²) in [6, 6.07) is 9.34. The Morgan fingerprint density at radius 2 is 2.11 bits per heavy atom. The summed E-state index contributed by atoms with van der Waals surface area (Å²) in [4.78, 5) is 15.5. The lowest BCUT2D eigenvalue weighted by Crippen LogP contribution is -2.13. The van der Waals surface area contributed by atoms with Crippen LogP contribution in [0.4, 0.5) is 0 Å². The van der Waals surface area contributed by atoms with E-state index < -0.39 is 11.9 Å². The Morgan fingerprint density at radius 1 is 1.39 bits per heavy atom. The predicted octanol–water partition coefficient (Wildman–Crippen LogP) is 2.22. The summed E-state index contributed by atoms with van der Waals surface area (Å²) >= 11 is 0. The summed E-state index contributed by atoms with van der Waals surface area (Å²) in [6.07, 6.45) is 4.82. The van der Waals surface area contributed by atoms with Gasteiger partial charge in [0.2, 0.25) is 0 Å². The van der Waals surface area contributed by atoms with Crippen molar-refractivity contribution in [2.45, 2.75) is 18.8 Å². The van der Waals surface area contributed by atoms with Crippen molar-refractivity contribution in [2.24, 2.45) is 7.05 Å². The van der Waals surface area contributed by atoms with Crippen molar-refractivity contribution in [3.05, 3.63) is 54.1 Å². The Morgan fingerprint density at radius 3 is 2.67 bits per heavy atom. The molecule has 1 aromatic carbocycles. The third-order valence-corrected chi connectivity index (χ3v) is 3.08. The Bertz CT molecular complexity index is 520. The maximum Gasteiger partial charge on any atom is 0.310 e. The fraction of sp³-hybridized carbons (Fsp3) is 0.286. The van der Waals surface area contributed by atoms with E-state index in [4.69, 9.17) is 0 Å². The number of carboxylic acids is 1. The number of aryl methyl sites for hydroxylation is 2. The average Bonchev–Trinajstić information content (AvgIpc) is 2.76. The van der Waals surface area contributed by atoms with E-state index in [1.54, 1.807) is 6.20 Å². The lowest BCUT2D eigenvalue weighted by molar-refractivity contribution is -0.138. The lowest BCUT2D eigenvalue weighted by atomic mass is 9.94. The van der Waals surface area contributed by atoms with Crippen LogP contribution in [0.2, 0.25) is 0 Å². The van der Waals surface area contributed by atoms with Gasteiger partial charge in [-0.05, 0) is 12.0 Å². The molecule has 0 radical (unpaired) electrons. The Hall–Kier alpha value is -2.10. The number of benzene rings is 1. The van der Waals surface area contributed by atoms with Crippen molar-refractivity contribution in [1.82, 2.24) is 9.55 Å². The van der Waals surface area contributed by atoms with E-state index in [-0.39, 0.29) is 0 Å². The van der Waals surface area contributed by atoms with Crippen molar-refractivity contribution in [2.75, 3.05) is 0 Å².